The lowest BCUT2D eigenvalue weighted by molar-refractivity contribution is -0.126. The molecule has 1 aliphatic rings. The van der Waals surface area contributed by atoms with Crippen molar-refractivity contribution in [2.45, 2.75) is 39.5 Å². The van der Waals surface area contributed by atoms with Crippen LogP contribution >= 0.6 is 0 Å². The van der Waals surface area contributed by atoms with Crippen LogP contribution in [0.4, 0.5) is 0 Å². The predicted octanol–water partition coefficient (Wildman–Crippen LogP) is 2.46. The van der Waals surface area contributed by atoms with Crippen LogP contribution in [0.5, 0.6) is 5.75 Å². The zero-order valence-electron chi connectivity index (χ0n) is 11.2. The van der Waals surface area contributed by atoms with E-state index in [2.05, 4.69) is 6.07 Å². The Morgan fingerprint density at radius 1 is 1.44 bits per heavy atom. The van der Waals surface area contributed by atoms with Gasteiger partial charge in [-0.25, -0.2) is 0 Å². The lowest BCUT2D eigenvalue weighted by Gasteiger charge is -2.20. The molecule has 0 saturated carbocycles. The summed E-state index contributed by atoms with van der Waals surface area (Å²) in [6, 6.07) is 6.22. The Kier molecular flexibility index (Phi) is 3.60. The highest BCUT2D eigenvalue weighted by molar-refractivity contribution is 5.79. The number of fused-ring (bicyclic) bond motifs is 1. The summed E-state index contributed by atoms with van der Waals surface area (Å²) in [5.41, 5.74) is 7.67. The highest BCUT2D eigenvalue weighted by atomic mass is 16.5. The molecule has 0 bridgehead atoms. The van der Waals surface area contributed by atoms with E-state index in [1.54, 1.807) is 0 Å². The molecule has 0 radical (unpaired) electrons. The maximum atomic E-state index is 11.3. The topological polar surface area (TPSA) is 52.3 Å². The second kappa shape index (κ2) is 5.01. The zero-order valence-corrected chi connectivity index (χ0v) is 11.2. The fourth-order valence-electron chi connectivity index (χ4n) is 2.37. The first-order valence-corrected chi connectivity index (χ1v) is 6.54. The lowest BCUT2D eigenvalue weighted by atomic mass is 9.85. The minimum absolute atomic E-state index is 0.218. The van der Waals surface area contributed by atoms with Gasteiger partial charge in [-0.3, -0.25) is 4.79 Å². The van der Waals surface area contributed by atoms with Crippen LogP contribution < -0.4 is 10.5 Å². The molecule has 1 heterocycles. The van der Waals surface area contributed by atoms with Gasteiger partial charge in [-0.05, 0) is 30.9 Å². The third kappa shape index (κ3) is 2.66. The number of rotatable bonds is 5. The van der Waals surface area contributed by atoms with Crippen LogP contribution in [0.1, 0.15) is 37.8 Å². The van der Waals surface area contributed by atoms with Crippen molar-refractivity contribution in [3.8, 4) is 5.75 Å². The van der Waals surface area contributed by atoms with E-state index in [0.717, 1.165) is 38.0 Å². The summed E-state index contributed by atoms with van der Waals surface area (Å²) < 4.78 is 5.55. The Bertz CT molecular complexity index is 452. The Hall–Kier alpha value is -1.51. The smallest absolute Gasteiger partial charge is 0.223 e. The van der Waals surface area contributed by atoms with Gasteiger partial charge < -0.3 is 10.5 Å². The Morgan fingerprint density at radius 2 is 2.22 bits per heavy atom. The Labute approximate surface area is 108 Å². The molecule has 1 aliphatic heterocycles. The number of primary amides is 1. The maximum absolute atomic E-state index is 11.3. The van der Waals surface area contributed by atoms with Gasteiger partial charge in [-0.1, -0.05) is 26.0 Å². The molecule has 2 N–H and O–H groups in total. The number of carbonyl (C=O) groups excluding carboxylic acids is 1. The predicted molar refractivity (Wildman–Crippen MR) is 71.6 cm³/mol. The molecule has 1 aromatic rings. The van der Waals surface area contributed by atoms with E-state index < -0.39 is 5.41 Å². The van der Waals surface area contributed by atoms with E-state index in [9.17, 15) is 4.79 Å². The molecule has 0 aromatic heterocycles. The van der Waals surface area contributed by atoms with Crippen molar-refractivity contribution < 1.29 is 9.53 Å². The monoisotopic (exact) mass is 247 g/mol. The molecule has 18 heavy (non-hydrogen) atoms. The fourth-order valence-corrected chi connectivity index (χ4v) is 2.37. The molecular weight excluding hydrogens is 226 g/mol. The number of amides is 1. The van der Waals surface area contributed by atoms with Gasteiger partial charge in [0.2, 0.25) is 5.91 Å². The molecule has 3 heteroatoms. The lowest BCUT2D eigenvalue weighted by Crippen LogP contribution is -2.31. The molecule has 98 valence electrons. The average molecular weight is 247 g/mol. The van der Waals surface area contributed by atoms with Crippen molar-refractivity contribution in [3.05, 3.63) is 29.3 Å². The third-order valence-corrected chi connectivity index (χ3v) is 3.75. The molecular formula is C15H21NO2. The highest BCUT2D eigenvalue weighted by Crippen LogP contribution is 2.30. The van der Waals surface area contributed by atoms with Crippen LogP contribution in [0.25, 0.3) is 0 Å². The summed E-state index contributed by atoms with van der Waals surface area (Å²) in [7, 11) is 0. The van der Waals surface area contributed by atoms with Gasteiger partial charge in [-0.2, -0.15) is 0 Å². The Morgan fingerprint density at radius 3 is 2.94 bits per heavy atom. The second-order valence-electron chi connectivity index (χ2n) is 5.59. The first-order valence-electron chi connectivity index (χ1n) is 6.54. The summed E-state index contributed by atoms with van der Waals surface area (Å²) in [6.45, 7) is 4.61. The quantitative estimate of drug-likeness (QED) is 0.869. The van der Waals surface area contributed by atoms with E-state index in [1.807, 2.05) is 26.0 Å². The molecule has 0 fully saturated rings. The van der Waals surface area contributed by atoms with Crippen LogP contribution in [0.2, 0.25) is 0 Å². The van der Waals surface area contributed by atoms with Gasteiger partial charge >= 0.3 is 0 Å². The average Bonchev–Trinajstić information content (AvgIpc) is 2.77. The molecule has 1 aromatic carbocycles. The van der Waals surface area contributed by atoms with Crippen molar-refractivity contribution >= 4 is 5.91 Å². The van der Waals surface area contributed by atoms with Gasteiger partial charge in [0, 0.05) is 17.4 Å². The maximum Gasteiger partial charge on any atom is 0.223 e. The van der Waals surface area contributed by atoms with Crippen LogP contribution in [-0.2, 0) is 17.6 Å². The van der Waals surface area contributed by atoms with Crippen molar-refractivity contribution in [2.24, 2.45) is 11.1 Å². The van der Waals surface area contributed by atoms with Crippen molar-refractivity contribution in [3.63, 3.8) is 0 Å². The normalized spacial score (nSPS) is 14.1. The van der Waals surface area contributed by atoms with E-state index in [0.29, 0.717) is 0 Å². The minimum atomic E-state index is -0.408. The summed E-state index contributed by atoms with van der Waals surface area (Å²) in [5, 5.41) is 0. The molecule has 2 rings (SSSR count). The van der Waals surface area contributed by atoms with Gasteiger partial charge in [0.15, 0.2) is 0 Å². The molecule has 1 amide bonds. The van der Waals surface area contributed by atoms with Gasteiger partial charge in [0.1, 0.15) is 5.75 Å². The largest absolute Gasteiger partial charge is 0.493 e. The Balaban J connectivity index is 1.96. The molecule has 0 saturated heterocycles. The third-order valence-electron chi connectivity index (χ3n) is 3.75. The van der Waals surface area contributed by atoms with Crippen molar-refractivity contribution in [1.82, 2.24) is 0 Å². The number of nitrogens with two attached hydrogens (primary N) is 1. The molecule has 0 spiro atoms. The number of benzene rings is 1. The van der Waals surface area contributed by atoms with Crippen molar-refractivity contribution in [1.29, 1.82) is 0 Å². The number of ether oxygens (including phenoxy) is 1. The number of hydrogen-bond donors (Lipinski definition) is 1. The molecule has 0 aliphatic carbocycles. The summed E-state index contributed by atoms with van der Waals surface area (Å²) >= 11 is 0. The first-order chi connectivity index (χ1) is 8.50. The van der Waals surface area contributed by atoms with E-state index in [-0.39, 0.29) is 5.91 Å². The summed E-state index contributed by atoms with van der Waals surface area (Å²) in [6.07, 6.45) is 3.80. The van der Waals surface area contributed by atoms with E-state index in [4.69, 9.17) is 10.5 Å². The van der Waals surface area contributed by atoms with Crippen LogP contribution in [0.15, 0.2) is 18.2 Å². The number of carbonyl (C=O) groups is 1. The van der Waals surface area contributed by atoms with Crippen LogP contribution in [0, 0.1) is 5.41 Å². The van der Waals surface area contributed by atoms with E-state index >= 15 is 0 Å². The van der Waals surface area contributed by atoms with Crippen LogP contribution in [-0.4, -0.2) is 12.5 Å². The standard InChI is InChI=1S/C15H21NO2/c1-15(2,14(16)17)9-4-6-11-5-3-7-13-12(11)8-10-18-13/h3,5,7H,4,6,8-10H2,1-2H3,(H2,16,17). The van der Waals surface area contributed by atoms with Gasteiger partial charge in [0.25, 0.3) is 0 Å². The summed E-state index contributed by atoms with van der Waals surface area (Å²) in [4.78, 5) is 11.3. The van der Waals surface area contributed by atoms with Gasteiger partial charge in [0.05, 0.1) is 6.61 Å². The second-order valence-corrected chi connectivity index (χ2v) is 5.59. The molecule has 0 unspecified atom stereocenters. The first kappa shape index (κ1) is 12.9. The molecule has 3 nitrogen and oxygen atoms in total. The number of aryl methyl sites for hydroxylation is 1. The van der Waals surface area contributed by atoms with Gasteiger partial charge in [-0.15, -0.1) is 0 Å². The van der Waals surface area contributed by atoms with Crippen molar-refractivity contribution in [2.75, 3.05) is 6.61 Å². The van der Waals surface area contributed by atoms with E-state index in [1.165, 1.54) is 11.1 Å². The highest BCUT2D eigenvalue weighted by Gasteiger charge is 2.24. The fraction of sp³-hybridized carbons (Fsp3) is 0.533. The summed E-state index contributed by atoms with van der Waals surface area (Å²) in [5.74, 6) is 0.811. The molecule has 0 atom stereocenters. The SMILES string of the molecule is CC(C)(CCCc1cccc2c1CCO2)C(N)=O. The number of hydrogen-bond acceptors (Lipinski definition) is 2. The zero-order chi connectivity index (χ0) is 13.2. The van der Waals surface area contributed by atoms with Crippen LogP contribution in [0.3, 0.4) is 0 Å². The minimum Gasteiger partial charge on any atom is -0.493 e.